The van der Waals surface area contributed by atoms with Crippen LogP contribution in [-0.2, 0) is 0 Å². The Morgan fingerprint density at radius 3 is 2.79 bits per heavy atom. The summed E-state index contributed by atoms with van der Waals surface area (Å²) < 4.78 is 0. The molecule has 1 heterocycles. The van der Waals surface area contributed by atoms with Gasteiger partial charge in [-0.2, -0.15) is 0 Å². The van der Waals surface area contributed by atoms with E-state index in [0.717, 1.165) is 5.52 Å². The van der Waals surface area contributed by atoms with Crippen LogP contribution in [0.5, 0.6) is 0 Å². The predicted molar refractivity (Wildman–Crippen MR) is 62.7 cm³/mol. The van der Waals surface area contributed by atoms with Gasteiger partial charge in [-0.1, -0.05) is 26.0 Å². The highest BCUT2D eigenvalue weighted by Crippen LogP contribution is 2.29. The second kappa shape index (κ2) is 4.01. The minimum absolute atomic E-state index is 0.612. The van der Waals surface area contributed by atoms with Crippen molar-refractivity contribution in [1.82, 2.24) is 4.98 Å². The number of hydrogen-bond acceptors (Lipinski definition) is 2. The first kappa shape index (κ1) is 9.53. The number of fused-ring (bicyclic) bond motifs is 1. The van der Waals surface area contributed by atoms with E-state index >= 15 is 0 Å². The summed E-state index contributed by atoms with van der Waals surface area (Å²) >= 11 is 1.89. The van der Waals surface area contributed by atoms with E-state index < -0.39 is 0 Å². The molecule has 0 spiro atoms. The predicted octanol–water partition coefficient (Wildman–Crippen LogP) is 3.74. The van der Waals surface area contributed by atoms with Gasteiger partial charge in [-0.25, -0.2) is 0 Å². The van der Waals surface area contributed by atoms with Gasteiger partial charge in [0.25, 0.3) is 0 Å². The molecule has 0 aliphatic rings. The van der Waals surface area contributed by atoms with Gasteiger partial charge in [0.15, 0.2) is 0 Å². The Labute approximate surface area is 88.6 Å². The van der Waals surface area contributed by atoms with Crippen LogP contribution in [0.25, 0.3) is 10.9 Å². The molecule has 0 bridgehead atoms. The van der Waals surface area contributed by atoms with Crippen molar-refractivity contribution < 1.29 is 0 Å². The molecule has 0 N–H and O–H groups in total. The van der Waals surface area contributed by atoms with Crippen LogP contribution in [0.2, 0.25) is 0 Å². The fraction of sp³-hybridized carbons (Fsp3) is 0.250. The molecule has 0 saturated carbocycles. The van der Waals surface area contributed by atoms with E-state index in [1.165, 1.54) is 10.3 Å². The summed E-state index contributed by atoms with van der Waals surface area (Å²) in [7, 11) is 0. The van der Waals surface area contributed by atoms with Gasteiger partial charge in [0.2, 0.25) is 0 Å². The lowest BCUT2D eigenvalue weighted by Gasteiger charge is -2.07. The summed E-state index contributed by atoms with van der Waals surface area (Å²) in [5.41, 5.74) is 1.08. The van der Waals surface area contributed by atoms with Gasteiger partial charge in [0.05, 0.1) is 5.52 Å². The fourth-order valence-electron chi connectivity index (χ4n) is 1.43. The third kappa shape index (κ3) is 1.90. The average Bonchev–Trinajstić information content (AvgIpc) is 2.18. The molecule has 0 amide bonds. The molecule has 1 aromatic heterocycles. The second-order valence-electron chi connectivity index (χ2n) is 3.49. The van der Waals surface area contributed by atoms with Gasteiger partial charge in [0, 0.05) is 21.7 Å². The van der Waals surface area contributed by atoms with Gasteiger partial charge in [-0.05, 0) is 18.2 Å². The summed E-state index contributed by atoms with van der Waals surface area (Å²) in [4.78, 5) is 5.66. The zero-order valence-electron chi connectivity index (χ0n) is 8.40. The Morgan fingerprint density at radius 2 is 2.00 bits per heavy atom. The molecule has 0 aliphatic heterocycles. The van der Waals surface area contributed by atoms with Crippen molar-refractivity contribution in [3.05, 3.63) is 36.5 Å². The third-order valence-electron chi connectivity index (χ3n) is 1.97. The van der Waals surface area contributed by atoms with Crippen molar-refractivity contribution >= 4 is 22.7 Å². The van der Waals surface area contributed by atoms with Crippen molar-refractivity contribution in [2.75, 3.05) is 0 Å². The highest BCUT2D eigenvalue weighted by atomic mass is 32.2. The number of pyridine rings is 1. The maximum absolute atomic E-state index is 4.34. The number of benzene rings is 1. The minimum Gasteiger partial charge on any atom is -0.256 e. The van der Waals surface area contributed by atoms with Crippen LogP contribution in [0.1, 0.15) is 13.8 Å². The molecule has 0 saturated heterocycles. The molecule has 0 fully saturated rings. The van der Waals surface area contributed by atoms with Gasteiger partial charge < -0.3 is 0 Å². The molecule has 72 valence electrons. The van der Waals surface area contributed by atoms with Crippen molar-refractivity contribution in [3.8, 4) is 0 Å². The zero-order chi connectivity index (χ0) is 9.97. The maximum atomic E-state index is 4.34. The van der Waals surface area contributed by atoms with E-state index in [9.17, 15) is 0 Å². The van der Waals surface area contributed by atoms with E-state index in [1.807, 2.05) is 24.0 Å². The Bertz CT molecular complexity index is 432. The lowest BCUT2D eigenvalue weighted by Crippen LogP contribution is -1.87. The smallest absolute Gasteiger partial charge is 0.0713 e. The molecule has 0 aliphatic carbocycles. The zero-order valence-corrected chi connectivity index (χ0v) is 9.21. The summed E-state index contributed by atoms with van der Waals surface area (Å²) in [5, 5.41) is 1.87. The third-order valence-corrected chi connectivity index (χ3v) is 3.05. The van der Waals surface area contributed by atoms with Crippen molar-refractivity contribution in [3.63, 3.8) is 0 Å². The quantitative estimate of drug-likeness (QED) is 0.690. The topological polar surface area (TPSA) is 12.9 Å². The summed E-state index contributed by atoms with van der Waals surface area (Å²) in [6.45, 7) is 4.42. The van der Waals surface area contributed by atoms with E-state index in [-0.39, 0.29) is 0 Å². The molecule has 2 rings (SSSR count). The van der Waals surface area contributed by atoms with Crippen LogP contribution < -0.4 is 0 Å². The van der Waals surface area contributed by atoms with E-state index in [2.05, 4.69) is 43.1 Å². The number of aromatic nitrogens is 1. The normalized spacial score (nSPS) is 11.1. The molecular formula is C12H13NS. The van der Waals surface area contributed by atoms with Crippen molar-refractivity contribution in [2.24, 2.45) is 0 Å². The Hall–Kier alpha value is -1.02. The second-order valence-corrected chi connectivity index (χ2v) is 5.11. The van der Waals surface area contributed by atoms with Crippen LogP contribution in [0.15, 0.2) is 41.4 Å². The number of nitrogens with zero attached hydrogens (tertiary/aromatic N) is 1. The van der Waals surface area contributed by atoms with Gasteiger partial charge in [-0.15, -0.1) is 11.8 Å². The number of rotatable bonds is 2. The number of hydrogen-bond donors (Lipinski definition) is 0. The van der Waals surface area contributed by atoms with Crippen LogP contribution in [0, 0.1) is 0 Å². The standard InChI is InChI=1S/C12H13NS/c1-9(2)14-12-7-3-6-11-10(12)5-4-8-13-11/h3-9H,1-2H3. The summed E-state index contributed by atoms with van der Waals surface area (Å²) in [5.74, 6) is 0. The highest BCUT2D eigenvalue weighted by Gasteiger charge is 2.03. The lowest BCUT2D eigenvalue weighted by molar-refractivity contribution is 1.11. The number of thioether (sulfide) groups is 1. The molecular weight excluding hydrogens is 190 g/mol. The van der Waals surface area contributed by atoms with Crippen LogP contribution in [0.4, 0.5) is 0 Å². The maximum Gasteiger partial charge on any atom is 0.0713 e. The first-order chi connectivity index (χ1) is 6.77. The van der Waals surface area contributed by atoms with Gasteiger partial charge in [0.1, 0.15) is 0 Å². The monoisotopic (exact) mass is 203 g/mol. The molecule has 1 aromatic carbocycles. The first-order valence-corrected chi connectivity index (χ1v) is 5.66. The summed E-state index contributed by atoms with van der Waals surface area (Å²) in [6, 6.07) is 10.4. The molecule has 2 heteroatoms. The lowest BCUT2D eigenvalue weighted by atomic mass is 10.2. The van der Waals surface area contributed by atoms with E-state index in [1.54, 1.807) is 0 Å². The first-order valence-electron chi connectivity index (χ1n) is 4.78. The van der Waals surface area contributed by atoms with Crippen LogP contribution in [-0.4, -0.2) is 10.2 Å². The molecule has 0 atom stereocenters. The van der Waals surface area contributed by atoms with E-state index in [0.29, 0.717) is 5.25 Å². The Morgan fingerprint density at radius 1 is 1.14 bits per heavy atom. The SMILES string of the molecule is CC(C)Sc1cccc2ncccc12. The Balaban J connectivity index is 2.53. The van der Waals surface area contributed by atoms with Crippen LogP contribution >= 0.6 is 11.8 Å². The largest absolute Gasteiger partial charge is 0.256 e. The van der Waals surface area contributed by atoms with Crippen molar-refractivity contribution in [2.45, 2.75) is 24.0 Å². The van der Waals surface area contributed by atoms with Crippen molar-refractivity contribution in [1.29, 1.82) is 0 Å². The fourth-order valence-corrected chi connectivity index (χ4v) is 2.40. The van der Waals surface area contributed by atoms with E-state index in [4.69, 9.17) is 0 Å². The minimum atomic E-state index is 0.612. The average molecular weight is 203 g/mol. The van der Waals surface area contributed by atoms with Gasteiger partial charge in [-0.3, -0.25) is 4.98 Å². The highest BCUT2D eigenvalue weighted by molar-refractivity contribution is 8.00. The molecule has 14 heavy (non-hydrogen) atoms. The molecule has 0 unspecified atom stereocenters. The molecule has 0 radical (unpaired) electrons. The Kier molecular flexibility index (Phi) is 2.73. The van der Waals surface area contributed by atoms with Crippen LogP contribution in [0.3, 0.4) is 0 Å². The van der Waals surface area contributed by atoms with Gasteiger partial charge >= 0.3 is 0 Å². The molecule has 2 aromatic rings. The summed E-state index contributed by atoms with van der Waals surface area (Å²) in [6.07, 6.45) is 1.84. The molecule has 1 nitrogen and oxygen atoms in total.